The highest BCUT2D eigenvalue weighted by Crippen LogP contribution is 2.38. The molecule has 0 bridgehead atoms. The smallest absolute Gasteiger partial charge is 0.420 e. The minimum absolute atomic E-state index is 0.340. The van der Waals surface area contributed by atoms with Crippen molar-refractivity contribution in [3.8, 4) is 16.9 Å². The fourth-order valence-electron chi connectivity index (χ4n) is 3.83. The molecule has 1 aromatic carbocycles. The second-order valence-electron chi connectivity index (χ2n) is 7.06. The number of ether oxygens (including phenoxy) is 1. The minimum Gasteiger partial charge on any atom is -0.496 e. The molecule has 5 aromatic rings. The fraction of sp³-hybridized carbons (Fsp3) is 0.182. The first-order valence-electron chi connectivity index (χ1n) is 9.39. The summed E-state index contributed by atoms with van der Waals surface area (Å²) in [4.78, 5) is 21.2. The fourth-order valence-corrected chi connectivity index (χ4v) is 3.83. The normalized spacial score (nSPS) is 11.4. The molecule has 0 aliphatic rings. The molecule has 4 aromatic heterocycles. The highest BCUT2D eigenvalue weighted by Gasteiger charge is 2.20. The molecule has 0 saturated heterocycles. The zero-order valence-corrected chi connectivity index (χ0v) is 16.7. The second kappa shape index (κ2) is 6.84. The van der Waals surface area contributed by atoms with Gasteiger partial charge >= 0.3 is 5.76 Å². The highest BCUT2D eigenvalue weighted by atomic mass is 16.5. The number of methoxy groups -OCH3 is 1. The molecule has 0 aliphatic carbocycles. The molecule has 4 heterocycles. The number of fused-ring (bicyclic) bond motifs is 3. The van der Waals surface area contributed by atoms with Gasteiger partial charge in [0.15, 0.2) is 5.58 Å². The Labute approximate surface area is 170 Å². The van der Waals surface area contributed by atoms with Gasteiger partial charge in [0.1, 0.15) is 17.0 Å². The monoisotopic (exact) mass is 402 g/mol. The summed E-state index contributed by atoms with van der Waals surface area (Å²) in [6.45, 7) is 4.08. The van der Waals surface area contributed by atoms with E-state index in [0.29, 0.717) is 34.7 Å². The van der Waals surface area contributed by atoms with E-state index in [1.165, 1.54) is 0 Å². The van der Waals surface area contributed by atoms with Crippen molar-refractivity contribution in [2.45, 2.75) is 20.4 Å². The molecule has 0 unspecified atom stereocenters. The average molecular weight is 402 g/mol. The Morgan fingerprint density at radius 2 is 2.07 bits per heavy atom. The quantitative estimate of drug-likeness (QED) is 0.450. The predicted molar refractivity (Wildman–Crippen MR) is 111 cm³/mol. The Balaban J connectivity index is 1.79. The predicted octanol–water partition coefficient (Wildman–Crippen LogP) is 3.87. The summed E-state index contributed by atoms with van der Waals surface area (Å²) < 4.78 is 18.0. The number of benzene rings is 1. The van der Waals surface area contributed by atoms with Crippen LogP contribution in [0.5, 0.6) is 5.75 Å². The number of aromatic nitrogens is 4. The Morgan fingerprint density at radius 3 is 2.77 bits per heavy atom. The Morgan fingerprint density at radius 1 is 1.20 bits per heavy atom. The van der Waals surface area contributed by atoms with E-state index >= 15 is 0 Å². The maximum Gasteiger partial charge on any atom is 0.420 e. The standard InChI is InChI=1S/C22H18N4O4/c1-12-20(13(2)30-25-12)16-7-17-15(8-18(16)28-3)21-19(10-24-17)29-22(27)26(21)11-14-5-4-6-23-9-14/h4-10H,11H2,1-3H3. The van der Waals surface area contributed by atoms with Crippen LogP contribution < -0.4 is 10.5 Å². The molecule has 0 amide bonds. The Bertz CT molecular complexity index is 1430. The van der Waals surface area contributed by atoms with E-state index in [9.17, 15) is 4.79 Å². The van der Waals surface area contributed by atoms with E-state index in [2.05, 4.69) is 15.1 Å². The topological polar surface area (TPSA) is 96.2 Å². The lowest BCUT2D eigenvalue weighted by molar-refractivity contribution is 0.393. The molecule has 150 valence electrons. The van der Waals surface area contributed by atoms with Crippen molar-refractivity contribution in [1.29, 1.82) is 0 Å². The summed E-state index contributed by atoms with van der Waals surface area (Å²) in [5.41, 5.74) is 5.16. The van der Waals surface area contributed by atoms with E-state index in [4.69, 9.17) is 13.7 Å². The molecule has 0 spiro atoms. The molecular weight excluding hydrogens is 384 g/mol. The first-order valence-corrected chi connectivity index (χ1v) is 9.39. The van der Waals surface area contributed by atoms with E-state index < -0.39 is 5.76 Å². The van der Waals surface area contributed by atoms with Crippen LogP contribution in [0.25, 0.3) is 33.1 Å². The molecule has 0 atom stereocenters. The zero-order valence-electron chi connectivity index (χ0n) is 16.7. The van der Waals surface area contributed by atoms with Gasteiger partial charge < -0.3 is 13.7 Å². The molecule has 0 N–H and O–H groups in total. The largest absolute Gasteiger partial charge is 0.496 e. The first kappa shape index (κ1) is 18.1. The van der Waals surface area contributed by atoms with Crippen molar-refractivity contribution in [3.05, 3.63) is 70.4 Å². The molecule has 0 saturated carbocycles. The van der Waals surface area contributed by atoms with E-state index in [1.54, 1.807) is 30.3 Å². The van der Waals surface area contributed by atoms with Crippen LogP contribution in [0.15, 0.2) is 56.6 Å². The van der Waals surface area contributed by atoms with Crippen LogP contribution in [-0.4, -0.2) is 26.8 Å². The molecule has 30 heavy (non-hydrogen) atoms. The lowest BCUT2D eigenvalue weighted by atomic mass is 10.0. The summed E-state index contributed by atoms with van der Waals surface area (Å²) in [5.74, 6) is 0.882. The van der Waals surface area contributed by atoms with Crippen LogP contribution in [0, 0.1) is 13.8 Å². The van der Waals surface area contributed by atoms with Gasteiger partial charge in [0.2, 0.25) is 0 Å². The number of hydrogen-bond donors (Lipinski definition) is 0. The van der Waals surface area contributed by atoms with Crippen molar-refractivity contribution in [3.63, 3.8) is 0 Å². The van der Waals surface area contributed by atoms with Crippen molar-refractivity contribution in [2.75, 3.05) is 7.11 Å². The first-order chi connectivity index (χ1) is 14.6. The lowest BCUT2D eigenvalue weighted by Gasteiger charge is -2.11. The van der Waals surface area contributed by atoms with Gasteiger partial charge in [0, 0.05) is 23.3 Å². The van der Waals surface area contributed by atoms with Gasteiger partial charge in [-0.1, -0.05) is 11.2 Å². The third-order valence-electron chi connectivity index (χ3n) is 5.18. The summed E-state index contributed by atoms with van der Waals surface area (Å²) >= 11 is 0. The number of rotatable bonds is 4. The second-order valence-corrected chi connectivity index (χ2v) is 7.06. The maximum absolute atomic E-state index is 12.6. The SMILES string of the molecule is COc1cc2c(cc1-c1c(C)noc1C)ncc1oc(=O)n(Cc3cccnc3)c12. The van der Waals surface area contributed by atoms with Crippen LogP contribution in [0.2, 0.25) is 0 Å². The lowest BCUT2D eigenvalue weighted by Crippen LogP contribution is -2.15. The van der Waals surface area contributed by atoms with Gasteiger partial charge in [0.05, 0.1) is 36.6 Å². The van der Waals surface area contributed by atoms with Gasteiger partial charge in [-0.2, -0.15) is 0 Å². The molecule has 8 nitrogen and oxygen atoms in total. The van der Waals surface area contributed by atoms with E-state index in [-0.39, 0.29) is 0 Å². The third-order valence-corrected chi connectivity index (χ3v) is 5.18. The van der Waals surface area contributed by atoms with Gasteiger partial charge in [-0.25, -0.2) is 4.79 Å². The summed E-state index contributed by atoms with van der Waals surface area (Å²) in [6.07, 6.45) is 4.99. The van der Waals surface area contributed by atoms with Crippen molar-refractivity contribution in [2.24, 2.45) is 0 Å². The van der Waals surface area contributed by atoms with Crippen molar-refractivity contribution < 1.29 is 13.7 Å². The van der Waals surface area contributed by atoms with E-state index in [1.807, 2.05) is 38.1 Å². The van der Waals surface area contributed by atoms with Crippen LogP contribution >= 0.6 is 0 Å². The van der Waals surface area contributed by atoms with Crippen LogP contribution in [0.4, 0.5) is 0 Å². The number of oxazole rings is 1. The summed E-state index contributed by atoms with van der Waals surface area (Å²) in [5, 5.41) is 4.80. The molecular formula is C22H18N4O4. The molecule has 0 radical (unpaired) electrons. The number of nitrogens with zero attached hydrogens (tertiary/aromatic N) is 4. The Kier molecular flexibility index (Phi) is 4.13. The molecule has 0 aliphatic heterocycles. The molecule has 5 rings (SSSR count). The van der Waals surface area contributed by atoms with Crippen molar-refractivity contribution in [1.82, 2.24) is 19.7 Å². The van der Waals surface area contributed by atoms with Crippen molar-refractivity contribution >= 4 is 22.0 Å². The Hall–Kier alpha value is -3.94. The number of hydrogen-bond acceptors (Lipinski definition) is 7. The zero-order chi connectivity index (χ0) is 20.8. The van der Waals surface area contributed by atoms with Gasteiger partial charge in [-0.3, -0.25) is 14.5 Å². The third kappa shape index (κ3) is 2.76. The van der Waals surface area contributed by atoms with Crippen LogP contribution in [0.3, 0.4) is 0 Å². The average Bonchev–Trinajstić information content (AvgIpc) is 3.26. The highest BCUT2D eigenvalue weighted by molar-refractivity contribution is 6.04. The van der Waals surface area contributed by atoms with E-state index in [0.717, 1.165) is 27.8 Å². The van der Waals surface area contributed by atoms with Gasteiger partial charge in [-0.05, 0) is 37.6 Å². The molecule has 8 heteroatoms. The number of aryl methyl sites for hydroxylation is 2. The number of pyridine rings is 2. The summed E-state index contributed by atoms with van der Waals surface area (Å²) in [6, 6.07) is 7.55. The van der Waals surface area contributed by atoms with Crippen LogP contribution in [-0.2, 0) is 6.54 Å². The van der Waals surface area contributed by atoms with Crippen LogP contribution in [0.1, 0.15) is 17.0 Å². The molecule has 0 fully saturated rings. The summed E-state index contributed by atoms with van der Waals surface area (Å²) in [7, 11) is 1.61. The van der Waals surface area contributed by atoms with Gasteiger partial charge in [0.25, 0.3) is 0 Å². The maximum atomic E-state index is 12.6. The minimum atomic E-state index is -0.447. The van der Waals surface area contributed by atoms with Gasteiger partial charge in [-0.15, -0.1) is 0 Å².